The molecule has 0 aliphatic heterocycles. The SMILES string of the molecule is C.C#CC(=O)OCC.CC(C)(C)N/N=C/c1cccc2ccccc12.CC(C)(C)NN.CCOC(=O)c1cn(C(C)(C)C)nc1-c1cccc2ccccc12.CNCCOC.COCCN(C)C(=O)c1cn[nH]c1-c1cccc2ccccc12.O=C(O)c1cn[nH]c1-c1cccc2ccccc12.O=Cc1cccc2ccccc12. The number of aromatic carboxylic acids is 1. The van der Waals surface area contributed by atoms with E-state index in [-0.39, 0.29) is 41.5 Å². The molecule has 0 unspecified atom stereocenters. The Balaban J connectivity index is 0.000000243. The maximum absolute atomic E-state index is 12.7. The minimum absolute atomic E-state index is 0. The number of nitrogens with zero attached hydrogens (tertiary/aromatic N) is 6. The molecule has 0 saturated carbocycles. The molecule has 114 heavy (non-hydrogen) atoms. The molecule has 0 bridgehead atoms. The molecule has 0 aliphatic carbocycles. The van der Waals surface area contributed by atoms with E-state index in [4.69, 9.17) is 30.3 Å². The number of methoxy groups -OCH3 is 2. The summed E-state index contributed by atoms with van der Waals surface area (Å²) in [5, 5.41) is 45.8. The van der Waals surface area contributed by atoms with Gasteiger partial charge in [-0.25, -0.2) is 14.4 Å². The number of ether oxygens (including phenoxy) is 4. The third-order valence-corrected chi connectivity index (χ3v) is 16.5. The summed E-state index contributed by atoms with van der Waals surface area (Å²) < 4.78 is 21.1. The number of nitrogens with one attached hydrogen (secondary N) is 5. The number of carbonyl (C=O) groups is 5. The Bertz CT molecular complexity index is 5240. The van der Waals surface area contributed by atoms with E-state index in [9.17, 15) is 24.0 Å². The molecule has 8 N–H and O–H groups in total. The molecule has 13 rings (SSSR count). The number of H-pyrrole nitrogens is 2. The highest BCUT2D eigenvalue weighted by Gasteiger charge is 2.25. The first-order chi connectivity index (χ1) is 54.2. The fourth-order valence-electron chi connectivity index (χ4n) is 10.8. The summed E-state index contributed by atoms with van der Waals surface area (Å²) in [4.78, 5) is 58.4. The molecule has 0 radical (unpaired) electrons. The Morgan fingerprint density at radius 1 is 0.570 bits per heavy atom. The Kier molecular flexibility index (Phi) is 37.5. The molecule has 0 atom stereocenters. The minimum Gasteiger partial charge on any atom is -0.478 e. The molecule has 1 amide bonds. The lowest BCUT2D eigenvalue weighted by molar-refractivity contribution is -0.136. The number of hydrazone groups is 1. The molecule has 10 aromatic carbocycles. The third-order valence-electron chi connectivity index (χ3n) is 16.5. The van der Waals surface area contributed by atoms with Crippen LogP contribution in [0.1, 0.15) is 131 Å². The fraction of sp³-hybridized carbons (Fsp3) is 0.272. The highest BCUT2D eigenvalue weighted by atomic mass is 16.5. The molecule has 0 spiro atoms. The number of aromatic nitrogens is 6. The van der Waals surface area contributed by atoms with Crippen LogP contribution >= 0.6 is 0 Å². The number of fused-ring (bicyclic) bond motifs is 5. The molecule has 22 nitrogen and oxygen atoms in total. The molecule has 598 valence electrons. The van der Waals surface area contributed by atoms with Gasteiger partial charge in [-0.05, 0) is 137 Å². The van der Waals surface area contributed by atoms with Crippen LogP contribution in [-0.4, -0.2) is 155 Å². The number of carboxylic acid groups (broad SMARTS) is 1. The van der Waals surface area contributed by atoms with Gasteiger partial charge < -0.3 is 39.7 Å². The van der Waals surface area contributed by atoms with Gasteiger partial charge in [0.05, 0.1) is 67.5 Å². The second-order valence-corrected chi connectivity index (χ2v) is 28.4. The zero-order valence-electron chi connectivity index (χ0n) is 67.3. The van der Waals surface area contributed by atoms with E-state index in [0.717, 1.165) is 96.0 Å². The number of amides is 1. The van der Waals surface area contributed by atoms with Crippen LogP contribution in [0.4, 0.5) is 0 Å². The van der Waals surface area contributed by atoms with Crippen LogP contribution < -0.4 is 22.0 Å². The molecule has 0 fully saturated rings. The molecule has 13 aromatic rings. The van der Waals surface area contributed by atoms with E-state index >= 15 is 0 Å². The number of carbonyl (C=O) groups excluding carboxylic acids is 4. The van der Waals surface area contributed by atoms with Crippen molar-refractivity contribution in [3.63, 3.8) is 0 Å². The van der Waals surface area contributed by atoms with Crippen LogP contribution in [0.3, 0.4) is 0 Å². The molecule has 0 saturated heterocycles. The van der Waals surface area contributed by atoms with Gasteiger partial charge in [-0.3, -0.25) is 35.7 Å². The summed E-state index contributed by atoms with van der Waals surface area (Å²) in [7, 11) is 6.98. The summed E-state index contributed by atoms with van der Waals surface area (Å²) in [6, 6.07) is 70.1. The number of esters is 2. The first-order valence-corrected chi connectivity index (χ1v) is 36.9. The smallest absolute Gasteiger partial charge is 0.384 e. The number of nitrogens with two attached hydrogens (primary N) is 1. The largest absolute Gasteiger partial charge is 0.478 e. The minimum atomic E-state index is -0.980. The standard InChI is InChI=1S/C20H22N2O2.C18H19N3O2.C15H18N2.C14H10N2O2.C11H8O.C5H6O2.C4H12N2.C4H11NO.CH4/c1-5-24-19(23)17-13-22(20(2,3)4)21-18(17)16-12-8-10-14-9-6-7-11-15(14)16;1-21(10-11-23-2)18(22)16-12-19-20-17(16)15-9-5-7-13-6-3-4-8-14(13)15;1-15(2,3)17-16-11-13-9-6-8-12-7-4-5-10-14(12)13;17-14(18)12-8-15-16-13(12)11-7-3-5-9-4-1-2-6-10(9)11;12-8-10-6-3-5-9-4-1-2-7-11(9)10;1-3-5(6)7-4-2;1-4(2,3)6-5;1-5-3-4-6-2;/h6-13H,5H2,1-4H3;3-9,12H,10-11H2,1-2H3,(H,19,20);4-11,17H,1-3H3;1-8H,(H,15,16)(H,17,18);1-8H;1H,4H2,2H3;6H,5H2,1-3H3;5H,3-4H2,1-2H3;1H4/b;;16-11+;;;;;;. The number of aromatic amines is 2. The third kappa shape index (κ3) is 28.1. The van der Waals surface area contributed by atoms with E-state index < -0.39 is 11.9 Å². The van der Waals surface area contributed by atoms with Crippen molar-refractivity contribution in [3.8, 4) is 46.1 Å². The number of likely N-dealkylation sites (N-methyl/N-ethyl adjacent to an activating group) is 2. The van der Waals surface area contributed by atoms with Crippen molar-refractivity contribution in [2.75, 3.05) is 67.8 Å². The molecule has 22 heteroatoms. The number of aldehydes is 1. The van der Waals surface area contributed by atoms with Crippen molar-refractivity contribution in [1.82, 2.24) is 51.2 Å². The van der Waals surface area contributed by atoms with Crippen LogP contribution in [0.15, 0.2) is 236 Å². The lowest BCUT2D eigenvalue weighted by Crippen LogP contribution is -2.41. The maximum atomic E-state index is 12.7. The lowest BCUT2D eigenvalue weighted by atomic mass is 10.00. The molecule has 3 heterocycles. The first kappa shape index (κ1) is 92.1. The van der Waals surface area contributed by atoms with Crippen LogP contribution in [0.25, 0.3) is 87.6 Å². The van der Waals surface area contributed by atoms with E-state index in [0.29, 0.717) is 48.9 Å². The zero-order chi connectivity index (χ0) is 82.5. The average molecular weight is 1540 g/mol. The van der Waals surface area contributed by atoms with Gasteiger partial charge in [0.15, 0.2) is 6.29 Å². The Labute approximate surface area is 669 Å². The first-order valence-electron chi connectivity index (χ1n) is 36.9. The van der Waals surface area contributed by atoms with E-state index in [2.05, 4.69) is 173 Å². The number of carboxylic acids is 1. The highest BCUT2D eigenvalue weighted by molar-refractivity contribution is 6.06. The maximum Gasteiger partial charge on any atom is 0.384 e. The van der Waals surface area contributed by atoms with Gasteiger partial charge in [-0.1, -0.05) is 220 Å². The second kappa shape index (κ2) is 46.4. The second-order valence-electron chi connectivity index (χ2n) is 28.4. The molecular weight excluding hydrogens is 1430 g/mol. The topological polar surface area (TPSA) is 295 Å². The zero-order valence-corrected chi connectivity index (χ0v) is 67.3. The van der Waals surface area contributed by atoms with Crippen molar-refractivity contribution in [2.45, 2.75) is 100 Å². The highest BCUT2D eigenvalue weighted by Crippen LogP contribution is 2.34. The number of hydrogen-bond donors (Lipinski definition) is 7. The van der Waals surface area contributed by atoms with Gasteiger partial charge in [0.25, 0.3) is 5.91 Å². The van der Waals surface area contributed by atoms with Crippen molar-refractivity contribution in [1.29, 1.82) is 0 Å². The van der Waals surface area contributed by atoms with E-state index in [1.54, 1.807) is 51.4 Å². The number of terminal acetylenes is 1. The predicted octanol–water partition coefficient (Wildman–Crippen LogP) is 17.6. The Hall–Kier alpha value is -12.5. The van der Waals surface area contributed by atoms with Crippen LogP contribution in [0.5, 0.6) is 0 Å². The van der Waals surface area contributed by atoms with Crippen molar-refractivity contribution in [2.24, 2.45) is 10.9 Å². The quantitative estimate of drug-likeness (QED) is 0.00651. The summed E-state index contributed by atoms with van der Waals surface area (Å²) >= 11 is 0. The van der Waals surface area contributed by atoms with Crippen LogP contribution in [-0.2, 0) is 29.3 Å². The number of hydrogen-bond acceptors (Lipinski definition) is 17. The van der Waals surface area contributed by atoms with Gasteiger partial charge in [-0.15, -0.1) is 6.42 Å². The van der Waals surface area contributed by atoms with Crippen LogP contribution in [0.2, 0.25) is 0 Å². The van der Waals surface area contributed by atoms with Crippen molar-refractivity contribution < 1.29 is 48.0 Å². The molecule has 3 aromatic heterocycles. The number of hydrazine groups is 1. The summed E-state index contributed by atoms with van der Waals surface area (Å²) in [5.41, 5.74) is 13.4. The van der Waals surface area contributed by atoms with Crippen molar-refractivity contribution >= 4 is 90.2 Å². The molecular formula is C92H110N12O10. The van der Waals surface area contributed by atoms with Crippen molar-refractivity contribution in [3.05, 3.63) is 259 Å². The fourth-order valence-corrected chi connectivity index (χ4v) is 10.8. The summed E-state index contributed by atoms with van der Waals surface area (Å²) in [5.74, 6) is 4.88. The Morgan fingerprint density at radius 2 is 0.974 bits per heavy atom. The van der Waals surface area contributed by atoms with Gasteiger partial charge in [0.1, 0.15) is 16.8 Å². The summed E-state index contributed by atoms with van der Waals surface area (Å²) in [6.07, 6.45) is 12.1. The van der Waals surface area contributed by atoms with Gasteiger partial charge in [0, 0.05) is 85.4 Å². The average Bonchev–Trinajstić information content (AvgIpc) is 1.59. The van der Waals surface area contributed by atoms with Crippen LogP contribution in [0, 0.1) is 12.3 Å². The molecule has 0 aliphatic rings. The summed E-state index contributed by atoms with van der Waals surface area (Å²) in [6.45, 7) is 25.5. The Morgan fingerprint density at radius 3 is 1.38 bits per heavy atom. The van der Waals surface area contributed by atoms with Gasteiger partial charge >= 0.3 is 17.9 Å². The van der Waals surface area contributed by atoms with Gasteiger partial charge in [-0.2, -0.15) is 20.4 Å². The lowest BCUT2D eigenvalue weighted by Gasteiger charge is -2.18. The van der Waals surface area contributed by atoms with E-state index in [1.165, 1.54) is 17.0 Å². The number of rotatable bonds is 17. The normalized spacial score (nSPS) is 10.7. The monoisotopic (exact) mass is 1540 g/mol. The predicted molar refractivity (Wildman–Crippen MR) is 464 cm³/mol. The number of benzene rings is 10. The van der Waals surface area contributed by atoms with Gasteiger partial charge in [0.2, 0.25) is 0 Å². The van der Waals surface area contributed by atoms with E-state index in [1.807, 2.05) is 179 Å².